The molecule has 2 rings (SSSR count). The van der Waals surface area contributed by atoms with Gasteiger partial charge < -0.3 is 15.2 Å². The second-order valence-electron chi connectivity index (χ2n) is 4.98. The van der Waals surface area contributed by atoms with Crippen LogP contribution in [0.4, 0.5) is 0 Å². The Labute approximate surface area is 114 Å². The highest BCUT2D eigenvalue weighted by Gasteiger charge is 2.31. The van der Waals surface area contributed by atoms with E-state index in [4.69, 9.17) is 15.2 Å². The number of nitrogens with zero attached hydrogens (tertiary/aromatic N) is 2. The van der Waals surface area contributed by atoms with Crippen LogP contribution >= 0.6 is 0 Å². The molecule has 5 heteroatoms. The molecule has 0 radical (unpaired) electrons. The van der Waals surface area contributed by atoms with Crippen molar-refractivity contribution in [2.24, 2.45) is 5.73 Å². The monoisotopic (exact) mass is 265 g/mol. The number of methoxy groups -OCH3 is 1. The topological polar surface area (TPSA) is 60.6 Å². The zero-order valence-corrected chi connectivity index (χ0v) is 11.9. The van der Waals surface area contributed by atoms with Crippen LogP contribution in [0, 0.1) is 0 Å². The van der Waals surface area contributed by atoms with Gasteiger partial charge in [0.05, 0.1) is 13.2 Å². The largest absolute Gasteiger partial charge is 0.481 e. The summed E-state index contributed by atoms with van der Waals surface area (Å²) in [5.74, 6) is 0.625. The van der Waals surface area contributed by atoms with E-state index < -0.39 is 0 Å². The number of pyridine rings is 1. The first kappa shape index (κ1) is 14.2. The molecule has 19 heavy (non-hydrogen) atoms. The van der Waals surface area contributed by atoms with Crippen molar-refractivity contribution in [3.63, 3.8) is 0 Å². The van der Waals surface area contributed by atoms with E-state index in [0.29, 0.717) is 18.5 Å². The second-order valence-corrected chi connectivity index (χ2v) is 4.98. The van der Waals surface area contributed by atoms with Crippen LogP contribution in [0.15, 0.2) is 18.3 Å². The molecule has 1 aromatic rings. The van der Waals surface area contributed by atoms with Crippen molar-refractivity contribution in [2.75, 3.05) is 27.3 Å². The van der Waals surface area contributed by atoms with Crippen LogP contribution in [0.1, 0.15) is 24.9 Å². The first-order valence-electron chi connectivity index (χ1n) is 6.71. The third-order valence-electron chi connectivity index (χ3n) is 3.93. The predicted molar refractivity (Wildman–Crippen MR) is 74.2 cm³/mol. The lowest BCUT2D eigenvalue weighted by Crippen LogP contribution is -2.42. The lowest BCUT2D eigenvalue weighted by molar-refractivity contribution is 0.0685. The molecule has 0 saturated carbocycles. The lowest BCUT2D eigenvalue weighted by Gasteiger charge is -2.33. The summed E-state index contributed by atoms with van der Waals surface area (Å²) in [6, 6.07) is 4.48. The van der Waals surface area contributed by atoms with E-state index in [1.807, 2.05) is 18.3 Å². The van der Waals surface area contributed by atoms with Crippen molar-refractivity contribution in [2.45, 2.75) is 31.5 Å². The van der Waals surface area contributed by atoms with Gasteiger partial charge in [-0.05, 0) is 26.0 Å². The van der Waals surface area contributed by atoms with E-state index in [0.717, 1.165) is 18.6 Å². The van der Waals surface area contributed by atoms with E-state index in [9.17, 15) is 0 Å². The SMILES string of the molecule is COc1ccc(C(CN)N(C)C2CCOC2C)cn1. The zero-order chi connectivity index (χ0) is 13.8. The maximum absolute atomic E-state index is 5.95. The number of aromatic nitrogens is 1. The van der Waals surface area contributed by atoms with Gasteiger partial charge in [-0.1, -0.05) is 6.07 Å². The van der Waals surface area contributed by atoms with Crippen LogP contribution in [0.3, 0.4) is 0 Å². The third-order valence-corrected chi connectivity index (χ3v) is 3.93. The third kappa shape index (κ3) is 3.05. The summed E-state index contributed by atoms with van der Waals surface area (Å²) in [4.78, 5) is 6.57. The van der Waals surface area contributed by atoms with Gasteiger partial charge >= 0.3 is 0 Å². The summed E-state index contributed by atoms with van der Waals surface area (Å²) in [5, 5.41) is 0. The molecular formula is C14H23N3O2. The van der Waals surface area contributed by atoms with Crippen molar-refractivity contribution in [1.29, 1.82) is 0 Å². The van der Waals surface area contributed by atoms with Gasteiger partial charge in [0, 0.05) is 37.5 Å². The molecule has 1 aliphatic rings. The molecule has 2 heterocycles. The van der Waals surface area contributed by atoms with Crippen LogP contribution in [-0.2, 0) is 4.74 Å². The molecule has 1 aromatic heterocycles. The first-order valence-corrected chi connectivity index (χ1v) is 6.71. The van der Waals surface area contributed by atoms with Gasteiger partial charge in [0.2, 0.25) is 5.88 Å². The van der Waals surface area contributed by atoms with Crippen LogP contribution in [0.2, 0.25) is 0 Å². The van der Waals surface area contributed by atoms with E-state index >= 15 is 0 Å². The standard InChI is InChI=1S/C14H23N3O2/c1-10-12(6-7-19-10)17(2)13(8-15)11-4-5-14(18-3)16-9-11/h4-5,9-10,12-13H,6-8,15H2,1-3H3. The van der Waals surface area contributed by atoms with Gasteiger partial charge in [0.15, 0.2) is 0 Å². The molecule has 3 atom stereocenters. The second kappa shape index (κ2) is 6.32. The van der Waals surface area contributed by atoms with Crippen molar-refractivity contribution in [3.8, 4) is 5.88 Å². The van der Waals surface area contributed by atoms with Crippen LogP contribution in [-0.4, -0.2) is 49.3 Å². The Bertz CT molecular complexity index is 396. The van der Waals surface area contributed by atoms with Crippen LogP contribution in [0.5, 0.6) is 5.88 Å². The van der Waals surface area contributed by atoms with Gasteiger partial charge in [-0.15, -0.1) is 0 Å². The highest BCUT2D eigenvalue weighted by Crippen LogP contribution is 2.27. The Morgan fingerprint density at radius 1 is 1.58 bits per heavy atom. The molecule has 1 saturated heterocycles. The maximum atomic E-state index is 5.95. The number of rotatable bonds is 5. The zero-order valence-electron chi connectivity index (χ0n) is 11.9. The van der Waals surface area contributed by atoms with Gasteiger partial charge in [-0.25, -0.2) is 4.98 Å². The molecule has 0 aliphatic carbocycles. The first-order chi connectivity index (χ1) is 9.17. The number of nitrogens with two attached hydrogens (primary N) is 1. The smallest absolute Gasteiger partial charge is 0.212 e. The number of hydrogen-bond acceptors (Lipinski definition) is 5. The van der Waals surface area contributed by atoms with E-state index in [1.54, 1.807) is 7.11 Å². The Hall–Kier alpha value is -1.17. The molecule has 0 bridgehead atoms. The van der Waals surface area contributed by atoms with Crippen molar-refractivity contribution < 1.29 is 9.47 Å². The van der Waals surface area contributed by atoms with Crippen molar-refractivity contribution in [1.82, 2.24) is 9.88 Å². The van der Waals surface area contributed by atoms with Gasteiger partial charge in [0.1, 0.15) is 0 Å². The van der Waals surface area contributed by atoms with E-state index in [-0.39, 0.29) is 12.1 Å². The van der Waals surface area contributed by atoms with Crippen LogP contribution in [0.25, 0.3) is 0 Å². The van der Waals surface area contributed by atoms with Crippen molar-refractivity contribution >= 4 is 0 Å². The molecule has 3 unspecified atom stereocenters. The predicted octanol–water partition coefficient (Wildman–Crippen LogP) is 1.20. The molecule has 0 aromatic carbocycles. The normalized spacial score (nSPS) is 24.7. The number of hydrogen-bond donors (Lipinski definition) is 1. The van der Waals surface area contributed by atoms with Crippen molar-refractivity contribution in [3.05, 3.63) is 23.9 Å². The van der Waals surface area contributed by atoms with E-state index in [1.165, 1.54) is 0 Å². The van der Waals surface area contributed by atoms with Gasteiger partial charge in [-0.3, -0.25) is 4.90 Å². The fourth-order valence-electron chi connectivity index (χ4n) is 2.73. The molecule has 5 nitrogen and oxygen atoms in total. The van der Waals surface area contributed by atoms with Crippen LogP contribution < -0.4 is 10.5 Å². The van der Waals surface area contributed by atoms with Gasteiger partial charge in [-0.2, -0.15) is 0 Å². The molecule has 106 valence electrons. The Kier molecular flexibility index (Phi) is 4.74. The average Bonchev–Trinajstić information content (AvgIpc) is 2.86. The number of likely N-dealkylation sites (N-methyl/N-ethyl adjacent to an activating group) is 1. The van der Waals surface area contributed by atoms with E-state index in [2.05, 4.69) is 23.9 Å². The fourth-order valence-corrected chi connectivity index (χ4v) is 2.73. The molecule has 2 N–H and O–H groups in total. The minimum atomic E-state index is 0.160. The summed E-state index contributed by atoms with van der Waals surface area (Å²) in [6.45, 7) is 3.51. The Balaban J connectivity index is 2.13. The summed E-state index contributed by atoms with van der Waals surface area (Å²) in [7, 11) is 3.73. The summed E-state index contributed by atoms with van der Waals surface area (Å²) in [6.07, 6.45) is 3.15. The highest BCUT2D eigenvalue weighted by atomic mass is 16.5. The molecule has 1 aliphatic heterocycles. The quantitative estimate of drug-likeness (QED) is 0.867. The molecule has 1 fully saturated rings. The fraction of sp³-hybridized carbons (Fsp3) is 0.643. The molecular weight excluding hydrogens is 242 g/mol. The summed E-state index contributed by atoms with van der Waals surface area (Å²) in [5.41, 5.74) is 7.06. The minimum Gasteiger partial charge on any atom is -0.481 e. The molecule has 0 spiro atoms. The van der Waals surface area contributed by atoms with Gasteiger partial charge in [0.25, 0.3) is 0 Å². The minimum absolute atomic E-state index is 0.160. The lowest BCUT2D eigenvalue weighted by atomic mass is 10.0. The molecule has 0 amide bonds. The summed E-state index contributed by atoms with van der Waals surface area (Å²) >= 11 is 0. The Morgan fingerprint density at radius 2 is 2.37 bits per heavy atom. The highest BCUT2D eigenvalue weighted by molar-refractivity contribution is 5.21. The average molecular weight is 265 g/mol. The Morgan fingerprint density at radius 3 is 2.84 bits per heavy atom. The summed E-state index contributed by atoms with van der Waals surface area (Å²) < 4.78 is 10.7. The number of ether oxygens (including phenoxy) is 2. The maximum Gasteiger partial charge on any atom is 0.212 e.